The van der Waals surface area contributed by atoms with Gasteiger partial charge < -0.3 is 23.7 Å². The Balaban J connectivity index is 1.64. The molecule has 0 amide bonds. The first-order valence-corrected chi connectivity index (χ1v) is 10.5. The molecule has 0 aliphatic carbocycles. The van der Waals surface area contributed by atoms with Crippen molar-refractivity contribution < 1.29 is 13.9 Å². The second kappa shape index (κ2) is 7.85. The summed E-state index contributed by atoms with van der Waals surface area (Å²) in [7, 11) is 0. The Morgan fingerprint density at radius 2 is 1.83 bits per heavy atom. The van der Waals surface area contributed by atoms with Crippen LogP contribution in [0.5, 0.6) is 0 Å². The maximum absolute atomic E-state index is 5.91. The van der Waals surface area contributed by atoms with Crippen LogP contribution in [0.2, 0.25) is 0 Å². The van der Waals surface area contributed by atoms with E-state index in [1.54, 1.807) is 12.5 Å². The Bertz CT molecular complexity index is 1020. The molecular weight excluding hydrogens is 382 g/mol. The van der Waals surface area contributed by atoms with Crippen LogP contribution in [0.15, 0.2) is 35.1 Å². The van der Waals surface area contributed by atoms with Crippen LogP contribution in [0.1, 0.15) is 20.8 Å². The standard InChI is InChI=1S/C22H27N5O3/c1-14-12-29-9-7-27(14)21-18-4-5-19(17-6-8-28-13-17)23-20(18)24-22(25-21)26-10-15(2)30-16(3)11-26/h4-6,8,13-16H,7,9-12H2,1-3H3/t14-,15-,16+/m0/s1. The quantitative estimate of drug-likeness (QED) is 0.653. The predicted octanol–water partition coefficient (Wildman–Crippen LogP) is 3.12. The molecule has 8 heteroatoms. The zero-order valence-corrected chi connectivity index (χ0v) is 17.6. The fourth-order valence-electron chi connectivity index (χ4n) is 4.30. The molecule has 3 aromatic rings. The van der Waals surface area contributed by atoms with E-state index in [-0.39, 0.29) is 18.2 Å². The van der Waals surface area contributed by atoms with Gasteiger partial charge in [0.05, 0.1) is 55.1 Å². The van der Waals surface area contributed by atoms with E-state index in [1.165, 1.54) is 0 Å². The summed E-state index contributed by atoms with van der Waals surface area (Å²) in [4.78, 5) is 19.3. The van der Waals surface area contributed by atoms with Gasteiger partial charge in [-0.25, -0.2) is 4.98 Å². The van der Waals surface area contributed by atoms with Crippen molar-refractivity contribution in [3.05, 3.63) is 30.7 Å². The summed E-state index contributed by atoms with van der Waals surface area (Å²) in [5.74, 6) is 1.62. The number of morpholine rings is 2. The lowest BCUT2D eigenvalue weighted by molar-refractivity contribution is -0.00570. The molecule has 3 atom stereocenters. The van der Waals surface area contributed by atoms with Gasteiger partial charge in [0.25, 0.3) is 0 Å². The summed E-state index contributed by atoms with van der Waals surface area (Å²) in [5, 5.41) is 0.953. The lowest BCUT2D eigenvalue weighted by atomic mass is 10.1. The molecule has 2 saturated heterocycles. The highest BCUT2D eigenvalue weighted by Gasteiger charge is 2.28. The molecule has 0 saturated carbocycles. The monoisotopic (exact) mass is 409 g/mol. The molecule has 3 aromatic heterocycles. The van der Waals surface area contributed by atoms with Gasteiger partial charge in [-0.1, -0.05) is 0 Å². The summed E-state index contributed by atoms with van der Waals surface area (Å²) >= 11 is 0. The number of aromatic nitrogens is 3. The average Bonchev–Trinajstić information content (AvgIpc) is 3.27. The molecule has 30 heavy (non-hydrogen) atoms. The Morgan fingerprint density at radius 3 is 2.57 bits per heavy atom. The molecule has 0 spiro atoms. The second-order valence-electron chi connectivity index (χ2n) is 8.21. The number of hydrogen-bond acceptors (Lipinski definition) is 8. The first-order valence-electron chi connectivity index (χ1n) is 10.5. The Morgan fingerprint density at radius 1 is 1.00 bits per heavy atom. The SMILES string of the molecule is C[C@@H]1CN(c2nc(N3CCOC[C@@H]3C)c3ccc(-c4ccoc4)nc3n2)C[C@H](C)O1. The summed E-state index contributed by atoms with van der Waals surface area (Å²) < 4.78 is 16.8. The van der Waals surface area contributed by atoms with Gasteiger partial charge in [-0.15, -0.1) is 0 Å². The molecule has 2 aliphatic heterocycles. The highest BCUT2D eigenvalue weighted by atomic mass is 16.5. The number of anilines is 2. The summed E-state index contributed by atoms with van der Waals surface area (Å²) in [6.45, 7) is 10.0. The molecule has 158 valence electrons. The largest absolute Gasteiger partial charge is 0.472 e. The topological polar surface area (TPSA) is 76.8 Å². The molecule has 2 aliphatic rings. The maximum Gasteiger partial charge on any atom is 0.229 e. The molecule has 0 unspecified atom stereocenters. The van der Waals surface area contributed by atoms with Gasteiger partial charge in [-0.3, -0.25) is 0 Å². The molecular formula is C22H27N5O3. The van der Waals surface area contributed by atoms with E-state index in [2.05, 4.69) is 36.6 Å². The maximum atomic E-state index is 5.91. The number of hydrogen-bond donors (Lipinski definition) is 0. The number of fused-ring (bicyclic) bond motifs is 1. The number of rotatable bonds is 3. The van der Waals surface area contributed by atoms with Crippen LogP contribution < -0.4 is 9.80 Å². The lowest BCUT2D eigenvalue weighted by Crippen LogP contribution is -2.47. The van der Waals surface area contributed by atoms with Gasteiger partial charge in [0.1, 0.15) is 5.82 Å². The fourth-order valence-corrected chi connectivity index (χ4v) is 4.30. The molecule has 0 N–H and O–H groups in total. The smallest absolute Gasteiger partial charge is 0.229 e. The van der Waals surface area contributed by atoms with E-state index >= 15 is 0 Å². The number of furan rings is 1. The summed E-state index contributed by atoms with van der Waals surface area (Å²) in [6, 6.07) is 6.22. The van der Waals surface area contributed by atoms with E-state index in [0.717, 1.165) is 42.1 Å². The number of nitrogens with zero attached hydrogens (tertiary/aromatic N) is 5. The van der Waals surface area contributed by atoms with Crippen molar-refractivity contribution in [2.45, 2.75) is 39.0 Å². The molecule has 5 rings (SSSR count). The normalized spacial score (nSPS) is 25.1. The van der Waals surface area contributed by atoms with E-state index in [4.69, 9.17) is 28.8 Å². The van der Waals surface area contributed by atoms with E-state index < -0.39 is 0 Å². The average molecular weight is 409 g/mol. The van der Waals surface area contributed by atoms with Crippen LogP contribution in [0, 0.1) is 0 Å². The van der Waals surface area contributed by atoms with Crippen LogP contribution in [-0.2, 0) is 9.47 Å². The van der Waals surface area contributed by atoms with Crippen molar-refractivity contribution in [3.8, 4) is 11.3 Å². The highest BCUT2D eigenvalue weighted by molar-refractivity contribution is 5.90. The zero-order chi connectivity index (χ0) is 20.7. The minimum Gasteiger partial charge on any atom is -0.472 e. The Hall–Kier alpha value is -2.71. The predicted molar refractivity (Wildman–Crippen MR) is 115 cm³/mol. The van der Waals surface area contributed by atoms with Crippen LogP contribution in [0.25, 0.3) is 22.3 Å². The van der Waals surface area contributed by atoms with Gasteiger partial charge >= 0.3 is 0 Å². The minimum absolute atomic E-state index is 0.129. The third-order valence-corrected chi connectivity index (χ3v) is 5.69. The van der Waals surface area contributed by atoms with Crippen LogP contribution in [-0.4, -0.2) is 66.0 Å². The third kappa shape index (κ3) is 3.61. The van der Waals surface area contributed by atoms with Crippen molar-refractivity contribution in [1.29, 1.82) is 0 Å². The molecule has 2 fully saturated rings. The molecule has 0 bridgehead atoms. The zero-order valence-electron chi connectivity index (χ0n) is 17.6. The van der Waals surface area contributed by atoms with Crippen molar-refractivity contribution >= 4 is 22.8 Å². The second-order valence-corrected chi connectivity index (χ2v) is 8.21. The van der Waals surface area contributed by atoms with E-state index in [1.807, 2.05) is 12.1 Å². The van der Waals surface area contributed by atoms with Crippen molar-refractivity contribution in [2.75, 3.05) is 42.6 Å². The molecule has 0 aromatic carbocycles. The van der Waals surface area contributed by atoms with E-state index in [0.29, 0.717) is 24.8 Å². The van der Waals surface area contributed by atoms with Crippen molar-refractivity contribution in [3.63, 3.8) is 0 Å². The fraction of sp³-hybridized carbons (Fsp3) is 0.500. The molecule has 8 nitrogen and oxygen atoms in total. The van der Waals surface area contributed by atoms with E-state index in [9.17, 15) is 0 Å². The minimum atomic E-state index is 0.129. The number of ether oxygens (including phenoxy) is 2. The van der Waals surface area contributed by atoms with Crippen LogP contribution in [0.4, 0.5) is 11.8 Å². The van der Waals surface area contributed by atoms with Crippen LogP contribution in [0.3, 0.4) is 0 Å². The first-order chi connectivity index (χ1) is 14.6. The van der Waals surface area contributed by atoms with Gasteiger partial charge in [0.15, 0.2) is 5.65 Å². The van der Waals surface area contributed by atoms with Crippen molar-refractivity contribution in [1.82, 2.24) is 15.0 Å². The number of pyridine rings is 1. The Labute approximate surface area is 175 Å². The Kier molecular flexibility index (Phi) is 5.04. The van der Waals surface area contributed by atoms with Gasteiger partial charge in [-0.05, 0) is 39.0 Å². The van der Waals surface area contributed by atoms with Crippen LogP contribution >= 0.6 is 0 Å². The van der Waals surface area contributed by atoms with Gasteiger partial charge in [0.2, 0.25) is 5.95 Å². The molecule has 5 heterocycles. The molecule has 0 radical (unpaired) electrons. The highest BCUT2D eigenvalue weighted by Crippen LogP contribution is 2.31. The van der Waals surface area contributed by atoms with Gasteiger partial charge in [0, 0.05) is 25.2 Å². The third-order valence-electron chi connectivity index (χ3n) is 5.69. The summed E-state index contributed by atoms with van der Waals surface area (Å²) in [6.07, 6.45) is 3.62. The van der Waals surface area contributed by atoms with Gasteiger partial charge in [-0.2, -0.15) is 9.97 Å². The van der Waals surface area contributed by atoms with Crippen molar-refractivity contribution in [2.24, 2.45) is 0 Å². The first kappa shape index (κ1) is 19.3. The summed E-state index contributed by atoms with van der Waals surface area (Å²) in [5.41, 5.74) is 2.47. The lowest BCUT2D eigenvalue weighted by Gasteiger charge is -2.37.